The third kappa shape index (κ3) is 2.48. The minimum absolute atomic E-state index is 0.153. The zero-order valence-corrected chi connectivity index (χ0v) is 13.9. The highest BCUT2D eigenvalue weighted by Gasteiger charge is 2.15. The number of aromatic carboxylic acids is 1. The molecule has 0 aliphatic rings. The molecule has 0 amide bonds. The predicted molar refractivity (Wildman–Crippen MR) is 89.2 cm³/mol. The van der Waals surface area contributed by atoms with Crippen LogP contribution in [-0.2, 0) is 9.84 Å². The lowest BCUT2D eigenvalue weighted by Crippen LogP contribution is -2.00. The highest BCUT2D eigenvalue weighted by atomic mass is 79.9. The maximum Gasteiger partial charge on any atom is 0.336 e. The molecule has 4 nitrogen and oxygen atoms in total. The molecule has 0 heterocycles. The number of benzene rings is 3. The first-order chi connectivity index (χ1) is 10.3. The lowest BCUT2D eigenvalue weighted by molar-refractivity contribution is 0.0699. The number of carbonyl (C=O) groups is 1. The Morgan fingerprint density at radius 1 is 1.00 bits per heavy atom. The molecule has 0 bridgehead atoms. The average Bonchev–Trinajstić information content (AvgIpc) is 2.44. The van der Waals surface area contributed by atoms with Gasteiger partial charge in [0.2, 0.25) is 0 Å². The van der Waals surface area contributed by atoms with E-state index in [2.05, 4.69) is 15.9 Å². The first-order valence-electron chi connectivity index (χ1n) is 6.37. The summed E-state index contributed by atoms with van der Waals surface area (Å²) in [6.45, 7) is 0. The molecule has 0 aromatic heterocycles. The van der Waals surface area contributed by atoms with Crippen LogP contribution in [0.1, 0.15) is 10.4 Å². The van der Waals surface area contributed by atoms with Crippen LogP contribution in [0.25, 0.3) is 21.5 Å². The Kier molecular flexibility index (Phi) is 3.45. The van der Waals surface area contributed by atoms with Crippen LogP contribution < -0.4 is 0 Å². The van der Waals surface area contributed by atoms with Gasteiger partial charge in [-0.25, -0.2) is 13.2 Å². The van der Waals surface area contributed by atoms with Crippen molar-refractivity contribution in [3.63, 3.8) is 0 Å². The predicted octanol–water partition coefficient (Wildman–Crippen LogP) is 3.86. The number of rotatable bonds is 2. The van der Waals surface area contributed by atoms with E-state index in [4.69, 9.17) is 0 Å². The van der Waals surface area contributed by atoms with Gasteiger partial charge in [-0.05, 0) is 51.9 Å². The van der Waals surface area contributed by atoms with Crippen molar-refractivity contribution >= 4 is 53.3 Å². The molecule has 22 heavy (non-hydrogen) atoms. The van der Waals surface area contributed by atoms with E-state index in [9.17, 15) is 18.3 Å². The second-order valence-electron chi connectivity index (χ2n) is 5.07. The van der Waals surface area contributed by atoms with Gasteiger partial charge in [-0.15, -0.1) is 0 Å². The van der Waals surface area contributed by atoms with Gasteiger partial charge >= 0.3 is 5.97 Å². The van der Waals surface area contributed by atoms with E-state index in [0.29, 0.717) is 10.8 Å². The Morgan fingerprint density at radius 3 is 2.32 bits per heavy atom. The highest BCUT2D eigenvalue weighted by molar-refractivity contribution is 9.10. The van der Waals surface area contributed by atoms with Gasteiger partial charge < -0.3 is 5.11 Å². The molecular weight excluding hydrogens is 368 g/mol. The van der Waals surface area contributed by atoms with Crippen LogP contribution in [0.2, 0.25) is 0 Å². The molecule has 112 valence electrons. The van der Waals surface area contributed by atoms with Gasteiger partial charge in [-0.3, -0.25) is 0 Å². The molecule has 1 N–H and O–H groups in total. The summed E-state index contributed by atoms with van der Waals surface area (Å²) in [5, 5.41) is 12.1. The monoisotopic (exact) mass is 378 g/mol. The number of hydrogen-bond donors (Lipinski definition) is 1. The fraction of sp³-hybridized carbons (Fsp3) is 0.0625. The minimum atomic E-state index is -3.36. The molecule has 0 aliphatic heterocycles. The summed E-state index contributed by atoms with van der Waals surface area (Å²) in [5.74, 6) is -1.04. The molecule has 3 aromatic carbocycles. The Hall–Kier alpha value is -1.92. The number of carboxylic acids is 1. The minimum Gasteiger partial charge on any atom is -0.478 e. The van der Waals surface area contributed by atoms with Crippen molar-refractivity contribution in [1.29, 1.82) is 0 Å². The number of sulfone groups is 1. The lowest BCUT2D eigenvalue weighted by Gasteiger charge is -2.10. The topological polar surface area (TPSA) is 71.4 Å². The van der Waals surface area contributed by atoms with E-state index < -0.39 is 15.8 Å². The average molecular weight is 379 g/mol. The van der Waals surface area contributed by atoms with E-state index >= 15 is 0 Å². The molecule has 3 aromatic rings. The van der Waals surface area contributed by atoms with Crippen molar-refractivity contribution in [2.75, 3.05) is 6.26 Å². The molecule has 0 unspecified atom stereocenters. The molecule has 6 heteroatoms. The van der Waals surface area contributed by atoms with Crippen molar-refractivity contribution in [2.24, 2.45) is 0 Å². The largest absolute Gasteiger partial charge is 0.478 e. The van der Waals surface area contributed by atoms with Crippen LogP contribution in [0.5, 0.6) is 0 Å². The van der Waals surface area contributed by atoms with Gasteiger partial charge in [-0.2, -0.15) is 0 Å². The fourth-order valence-electron chi connectivity index (χ4n) is 2.52. The standard InChI is InChI=1S/C16H11BrO4S/c1-22(20,21)11-3-5-13-14(8-11)12-4-2-10(17)6-9(12)7-15(13)16(18)19/h2-8H,1H3,(H,18,19). The van der Waals surface area contributed by atoms with Gasteiger partial charge in [0.1, 0.15) is 0 Å². The maximum atomic E-state index is 11.8. The zero-order chi connectivity index (χ0) is 16.1. The zero-order valence-electron chi connectivity index (χ0n) is 11.5. The second-order valence-corrected chi connectivity index (χ2v) is 8.01. The van der Waals surface area contributed by atoms with Crippen LogP contribution in [-0.4, -0.2) is 25.7 Å². The van der Waals surface area contributed by atoms with Gasteiger partial charge in [0.25, 0.3) is 0 Å². The first-order valence-corrected chi connectivity index (χ1v) is 9.05. The van der Waals surface area contributed by atoms with Crippen molar-refractivity contribution < 1.29 is 18.3 Å². The summed E-state index contributed by atoms with van der Waals surface area (Å²) in [4.78, 5) is 11.7. The molecule has 0 fully saturated rings. The smallest absolute Gasteiger partial charge is 0.336 e. The molecule has 0 atom stereocenters. The van der Waals surface area contributed by atoms with Crippen molar-refractivity contribution in [1.82, 2.24) is 0 Å². The van der Waals surface area contributed by atoms with E-state index in [1.807, 2.05) is 18.2 Å². The first kappa shape index (κ1) is 15.0. The molecular formula is C16H11BrO4S. The highest BCUT2D eigenvalue weighted by Crippen LogP contribution is 2.32. The van der Waals surface area contributed by atoms with Crippen LogP contribution in [0.3, 0.4) is 0 Å². The molecule has 0 spiro atoms. The normalized spacial score (nSPS) is 11.9. The molecule has 0 saturated heterocycles. The summed E-state index contributed by atoms with van der Waals surface area (Å²) < 4.78 is 24.4. The van der Waals surface area contributed by atoms with Gasteiger partial charge in [0.15, 0.2) is 9.84 Å². The van der Waals surface area contributed by atoms with Crippen molar-refractivity contribution in [3.8, 4) is 0 Å². The van der Waals surface area contributed by atoms with Crippen LogP contribution in [0.15, 0.2) is 51.8 Å². The Balaban J connectivity index is 2.54. The fourth-order valence-corrected chi connectivity index (χ4v) is 3.55. The van der Waals surface area contributed by atoms with E-state index in [-0.39, 0.29) is 10.5 Å². The Labute approximate surface area is 135 Å². The molecule has 0 aliphatic carbocycles. The molecule has 3 rings (SSSR count). The maximum absolute atomic E-state index is 11.8. The molecule has 0 radical (unpaired) electrons. The van der Waals surface area contributed by atoms with Gasteiger partial charge in [0.05, 0.1) is 10.5 Å². The van der Waals surface area contributed by atoms with E-state index in [0.717, 1.165) is 21.5 Å². The Bertz CT molecular complexity index is 1040. The second kappa shape index (κ2) is 5.07. The Morgan fingerprint density at radius 2 is 1.68 bits per heavy atom. The third-order valence-corrected chi connectivity index (χ3v) is 5.15. The number of carboxylic acid groups (broad SMARTS) is 1. The van der Waals surface area contributed by atoms with Crippen molar-refractivity contribution in [2.45, 2.75) is 4.90 Å². The van der Waals surface area contributed by atoms with E-state index in [1.54, 1.807) is 12.1 Å². The summed E-state index contributed by atoms with van der Waals surface area (Å²) in [6, 6.07) is 11.6. The van der Waals surface area contributed by atoms with Crippen molar-refractivity contribution in [3.05, 3.63) is 52.5 Å². The van der Waals surface area contributed by atoms with Gasteiger partial charge in [-0.1, -0.05) is 28.1 Å². The number of halogens is 1. The van der Waals surface area contributed by atoms with Gasteiger partial charge in [0, 0.05) is 10.7 Å². The number of hydrogen-bond acceptors (Lipinski definition) is 3. The summed E-state index contributed by atoms with van der Waals surface area (Å²) >= 11 is 3.36. The molecule has 0 saturated carbocycles. The number of fused-ring (bicyclic) bond motifs is 3. The van der Waals surface area contributed by atoms with Crippen LogP contribution in [0.4, 0.5) is 0 Å². The third-order valence-electron chi connectivity index (χ3n) is 3.54. The summed E-state index contributed by atoms with van der Waals surface area (Å²) in [5.41, 5.74) is 0.153. The van der Waals surface area contributed by atoms with Crippen LogP contribution >= 0.6 is 15.9 Å². The van der Waals surface area contributed by atoms with Crippen LogP contribution in [0, 0.1) is 0 Å². The SMILES string of the molecule is CS(=O)(=O)c1ccc2c(C(=O)O)cc3cc(Br)ccc3c2c1. The van der Waals surface area contributed by atoms with E-state index in [1.165, 1.54) is 12.1 Å². The quantitative estimate of drug-likeness (QED) is 0.687. The summed E-state index contributed by atoms with van der Waals surface area (Å²) in [7, 11) is -3.36. The lowest BCUT2D eigenvalue weighted by atomic mass is 9.97. The summed E-state index contributed by atoms with van der Waals surface area (Å²) in [6.07, 6.45) is 1.13.